The minimum atomic E-state index is -3.75. The number of hydrogen-bond acceptors (Lipinski definition) is 9. The Morgan fingerprint density at radius 1 is 0.534 bits per heavy atom. The van der Waals surface area contributed by atoms with Crippen LogP contribution < -0.4 is 14.2 Å². The number of ether oxygens (including phenoxy) is 3. The van der Waals surface area contributed by atoms with Gasteiger partial charge in [-0.05, 0) is 150 Å². The lowest BCUT2D eigenvalue weighted by atomic mass is 9.79. The van der Waals surface area contributed by atoms with Gasteiger partial charge in [-0.15, -0.1) is 0 Å². The predicted molar refractivity (Wildman–Crippen MR) is 221 cm³/mol. The van der Waals surface area contributed by atoms with Gasteiger partial charge in [-0.1, -0.05) is 25.8 Å². The van der Waals surface area contributed by atoms with Crippen LogP contribution in [0.2, 0.25) is 0 Å². The van der Waals surface area contributed by atoms with Crippen molar-refractivity contribution in [2.24, 2.45) is 5.92 Å². The van der Waals surface area contributed by atoms with Crippen LogP contribution in [-0.2, 0) is 27.2 Å². The molecule has 1 fully saturated rings. The Morgan fingerprint density at radius 3 is 1.31 bits per heavy atom. The summed E-state index contributed by atoms with van der Waals surface area (Å²) in [7, 11) is -7.26. The van der Waals surface area contributed by atoms with Crippen molar-refractivity contribution >= 4 is 15.2 Å². The monoisotopic (exact) mass is 866 g/mol. The van der Waals surface area contributed by atoms with E-state index in [0.717, 1.165) is 25.7 Å². The molecule has 0 aliphatic heterocycles. The molecule has 1 saturated carbocycles. The number of benzene rings is 2. The first-order valence-corrected chi connectivity index (χ1v) is 23.9. The van der Waals surface area contributed by atoms with Crippen molar-refractivity contribution < 1.29 is 59.0 Å². The summed E-state index contributed by atoms with van der Waals surface area (Å²) in [6.45, 7) is 21.4. The quantitative estimate of drug-likeness (QED) is 0.0690. The second-order valence-electron chi connectivity index (χ2n) is 18.9. The molecule has 0 bridgehead atoms. The smallest absolute Gasteiger partial charge is 0.331 e. The van der Waals surface area contributed by atoms with Crippen molar-refractivity contribution in [3.63, 3.8) is 0 Å². The van der Waals surface area contributed by atoms with E-state index in [9.17, 15) is 17.9 Å². The van der Waals surface area contributed by atoms with Crippen LogP contribution in [0.5, 0.6) is 17.2 Å². The molecular formula is C43H68F4O9P2. The lowest BCUT2D eigenvalue weighted by molar-refractivity contribution is 0.0319. The van der Waals surface area contributed by atoms with Gasteiger partial charge in [-0.25, -0.2) is 4.39 Å². The maximum absolute atomic E-state index is 15.0. The molecule has 0 amide bonds. The molecule has 15 heteroatoms. The fourth-order valence-electron chi connectivity index (χ4n) is 6.74. The van der Waals surface area contributed by atoms with Crippen molar-refractivity contribution in [2.75, 3.05) is 32.1 Å². The second-order valence-corrected chi connectivity index (χ2v) is 23.0. The first-order chi connectivity index (χ1) is 26.6. The summed E-state index contributed by atoms with van der Waals surface area (Å²) in [6.07, 6.45) is 4.64. The minimum absolute atomic E-state index is 0.000749. The molecule has 58 heavy (non-hydrogen) atoms. The van der Waals surface area contributed by atoms with Gasteiger partial charge >= 0.3 is 15.2 Å². The number of hydrogen-bond donors (Lipinski definition) is 0. The van der Waals surface area contributed by atoms with Gasteiger partial charge in [0.1, 0.15) is 0 Å². The third-order valence-corrected chi connectivity index (χ3v) is 14.0. The molecule has 0 N–H and O–H groups in total. The Balaban J connectivity index is 1.51. The van der Waals surface area contributed by atoms with Gasteiger partial charge in [0.2, 0.25) is 17.5 Å². The van der Waals surface area contributed by atoms with Gasteiger partial charge in [-0.2, -0.15) is 13.2 Å². The summed E-state index contributed by atoms with van der Waals surface area (Å²) < 4.78 is 128. The van der Waals surface area contributed by atoms with Gasteiger partial charge in [0, 0.05) is 0 Å². The lowest BCUT2D eigenvalue weighted by Gasteiger charge is -2.34. The van der Waals surface area contributed by atoms with E-state index in [-0.39, 0.29) is 68.2 Å². The highest BCUT2D eigenvalue weighted by Gasteiger charge is 2.37. The average molecular weight is 867 g/mol. The second kappa shape index (κ2) is 20.6. The zero-order valence-corrected chi connectivity index (χ0v) is 38.5. The first-order valence-electron chi connectivity index (χ1n) is 20.5. The van der Waals surface area contributed by atoms with Crippen LogP contribution in [0.15, 0.2) is 24.3 Å². The van der Waals surface area contributed by atoms with Crippen LogP contribution in [0.25, 0.3) is 0 Å². The maximum atomic E-state index is 15.0. The zero-order valence-electron chi connectivity index (χ0n) is 36.7. The Kier molecular flexibility index (Phi) is 17.8. The molecule has 1 unspecified atom stereocenters. The largest absolute Gasteiger partial charge is 0.490 e. The van der Waals surface area contributed by atoms with E-state index in [1.54, 1.807) is 82.2 Å². The van der Waals surface area contributed by atoms with E-state index in [1.807, 2.05) is 0 Å². The lowest BCUT2D eigenvalue weighted by Crippen LogP contribution is -2.28. The van der Waals surface area contributed by atoms with E-state index < -0.39 is 60.9 Å². The van der Waals surface area contributed by atoms with Crippen LogP contribution in [0.3, 0.4) is 0 Å². The van der Waals surface area contributed by atoms with E-state index in [0.29, 0.717) is 24.3 Å². The van der Waals surface area contributed by atoms with Crippen LogP contribution in [0, 0.1) is 29.2 Å². The molecule has 0 heterocycles. The molecule has 3 rings (SSSR count). The molecule has 2 aromatic rings. The normalized spacial score (nSPS) is 18.2. The average Bonchev–Trinajstić information content (AvgIpc) is 3.05. The predicted octanol–water partition coefficient (Wildman–Crippen LogP) is 13.6. The zero-order chi connectivity index (χ0) is 43.7. The fourth-order valence-corrected chi connectivity index (χ4v) is 11.6. The minimum Gasteiger partial charge on any atom is -0.490 e. The molecule has 0 radical (unpaired) electrons. The van der Waals surface area contributed by atoms with Crippen molar-refractivity contribution in [3.05, 3.63) is 53.1 Å². The van der Waals surface area contributed by atoms with Crippen LogP contribution in [0.4, 0.5) is 17.6 Å². The topological polar surface area (TPSA) is 98.8 Å². The summed E-state index contributed by atoms with van der Waals surface area (Å²) >= 11 is 0. The molecule has 1 atom stereocenters. The third-order valence-electron chi connectivity index (χ3n) is 9.02. The Hall–Kier alpha value is -2.14. The molecule has 332 valence electrons. The van der Waals surface area contributed by atoms with Crippen LogP contribution in [-0.4, -0.2) is 54.5 Å². The molecule has 0 saturated heterocycles. The van der Waals surface area contributed by atoms with E-state index in [4.69, 9.17) is 32.3 Å². The summed E-state index contributed by atoms with van der Waals surface area (Å²) in [5.74, 6) is -4.57. The number of halogens is 4. The van der Waals surface area contributed by atoms with Gasteiger partial charge in [0.15, 0.2) is 23.1 Å². The Morgan fingerprint density at radius 2 is 0.897 bits per heavy atom. The fraction of sp³-hybridized carbons (Fsp3) is 0.721. The highest BCUT2D eigenvalue weighted by Crippen LogP contribution is 2.56. The van der Waals surface area contributed by atoms with Crippen molar-refractivity contribution in [2.45, 2.75) is 163 Å². The van der Waals surface area contributed by atoms with Crippen LogP contribution >= 0.6 is 15.2 Å². The number of rotatable bonds is 21. The van der Waals surface area contributed by atoms with Gasteiger partial charge in [0.05, 0.1) is 54.5 Å². The maximum Gasteiger partial charge on any atom is 0.331 e. The van der Waals surface area contributed by atoms with Crippen molar-refractivity contribution in [3.8, 4) is 17.2 Å². The van der Waals surface area contributed by atoms with E-state index in [1.165, 1.54) is 18.2 Å². The molecule has 0 aromatic heterocycles. The summed E-state index contributed by atoms with van der Waals surface area (Å²) in [5.41, 5.74) is -2.85. The van der Waals surface area contributed by atoms with E-state index >= 15 is 8.78 Å². The molecule has 0 spiro atoms. The van der Waals surface area contributed by atoms with Crippen molar-refractivity contribution in [1.29, 1.82) is 0 Å². The molecular weight excluding hydrogens is 798 g/mol. The molecule has 1 aliphatic carbocycles. The summed E-state index contributed by atoms with van der Waals surface area (Å²) in [5, 5.41) is 0. The van der Waals surface area contributed by atoms with Gasteiger partial charge in [0.25, 0.3) is 0 Å². The summed E-state index contributed by atoms with van der Waals surface area (Å²) in [6, 6.07) is 5.59. The third kappa shape index (κ3) is 17.1. The summed E-state index contributed by atoms with van der Waals surface area (Å²) in [4.78, 5) is 0. The molecule has 9 nitrogen and oxygen atoms in total. The SMILES string of the molecule is CC1CCC(c2ccc(OCCCP(=O)(OC(C)(C)C)OC(C)(C)CCCOc3ccc(OCCCP(=O)(OC(C)(C)C)OC(C)(C)C)c(F)c3F)c(F)c2F)CC1. The molecule has 2 aromatic carbocycles. The first kappa shape index (κ1) is 50.2. The highest BCUT2D eigenvalue weighted by molar-refractivity contribution is 7.54. The Bertz CT molecular complexity index is 1710. The molecule has 1 aliphatic rings. The highest BCUT2D eigenvalue weighted by atomic mass is 31.2. The standard InChI is InChI=1S/C43H68F4O9P2/c1-30-16-18-31(19-17-30)32-20-21-33(37(45)36(32)44)51-27-15-29-58(49,55-42(8,9)10)56-43(11,12)24-13-25-50-34-22-23-35(39(47)38(34)46)52-26-14-28-57(48,53-40(2,3)4)54-41(5,6)7/h20-23,30-31H,13-19,24-29H2,1-12H3. The van der Waals surface area contributed by atoms with Crippen LogP contribution in [0.1, 0.15) is 146 Å². The van der Waals surface area contributed by atoms with Gasteiger partial charge < -0.3 is 32.3 Å². The Labute approximate surface area is 344 Å². The van der Waals surface area contributed by atoms with E-state index in [2.05, 4.69) is 6.92 Å². The van der Waals surface area contributed by atoms with Crippen molar-refractivity contribution in [1.82, 2.24) is 0 Å². The van der Waals surface area contributed by atoms with Gasteiger partial charge in [-0.3, -0.25) is 9.13 Å².